The zero-order valence-electron chi connectivity index (χ0n) is 27.6. The van der Waals surface area contributed by atoms with Gasteiger partial charge in [-0.2, -0.15) is 0 Å². The molecule has 1 aromatic carbocycles. The number of hydrogen-bond acceptors (Lipinski definition) is 2. The summed E-state index contributed by atoms with van der Waals surface area (Å²) in [7, 11) is 1.45. The molecule has 41 heavy (non-hydrogen) atoms. The standard InChI is InChI=1S/C39H56O2.H2/c1-25(2)28-15-19-35(5)23-24-39(9)37(7)21-17-30-34(3,4)29(26-11-13-27(14-12-26)33(40)41-10)16-20-36(30,6)31(37)18-22-38(39,8)32(28)35;/h11-14,16,28,30-32H,1,15,17-24H2,2-10H3;1H/t28-,30-,31+,32-,35?,36-,37+,38+,39-;/m0./s1. The maximum absolute atomic E-state index is 12.1. The molecule has 6 rings (SSSR count). The van der Waals surface area contributed by atoms with Crippen molar-refractivity contribution in [2.24, 2.45) is 56.2 Å². The Morgan fingerprint density at radius 2 is 1.49 bits per heavy atom. The van der Waals surface area contributed by atoms with E-state index < -0.39 is 0 Å². The van der Waals surface area contributed by atoms with Gasteiger partial charge >= 0.3 is 5.97 Å². The number of carbonyl (C=O) groups excluding carboxylic acids is 1. The highest BCUT2D eigenvalue weighted by molar-refractivity contribution is 5.89. The van der Waals surface area contributed by atoms with E-state index in [-0.39, 0.29) is 12.8 Å². The third-order valence-electron chi connectivity index (χ3n) is 15.4. The molecule has 5 aliphatic carbocycles. The summed E-state index contributed by atoms with van der Waals surface area (Å²) in [5.41, 5.74) is 6.77. The van der Waals surface area contributed by atoms with Crippen molar-refractivity contribution in [3.8, 4) is 0 Å². The molecular weight excluding hydrogens is 500 g/mol. The summed E-state index contributed by atoms with van der Waals surface area (Å²) in [5.74, 6) is 2.61. The Balaban J connectivity index is 0.00000353. The lowest BCUT2D eigenvalue weighted by atomic mass is 9.29. The van der Waals surface area contributed by atoms with Gasteiger partial charge in [0.1, 0.15) is 0 Å². The molecule has 4 saturated carbocycles. The Labute approximate surface area is 252 Å². The van der Waals surface area contributed by atoms with E-state index in [0.29, 0.717) is 44.5 Å². The first kappa shape index (κ1) is 29.3. The van der Waals surface area contributed by atoms with Crippen molar-refractivity contribution >= 4 is 11.5 Å². The van der Waals surface area contributed by atoms with Gasteiger partial charge in [0.25, 0.3) is 0 Å². The zero-order chi connectivity index (χ0) is 29.8. The normalized spacial score (nSPS) is 46.3. The van der Waals surface area contributed by atoms with Gasteiger partial charge in [-0.15, -0.1) is 0 Å². The minimum atomic E-state index is -0.263. The molecule has 0 amide bonds. The summed E-state index contributed by atoms with van der Waals surface area (Å²) in [6.07, 6.45) is 14.7. The monoisotopic (exact) mass is 558 g/mol. The Bertz CT molecular complexity index is 1290. The largest absolute Gasteiger partial charge is 0.465 e. The van der Waals surface area contributed by atoms with E-state index in [2.05, 4.69) is 80.2 Å². The average Bonchev–Trinajstić information content (AvgIpc) is 3.28. The number of carbonyl (C=O) groups is 1. The number of esters is 1. The van der Waals surface area contributed by atoms with Crippen LogP contribution in [0.25, 0.3) is 5.57 Å². The second-order valence-corrected chi connectivity index (χ2v) is 17.1. The smallest absolute Gasteiger partial charge is 0.337 e. The van der Waals surface area contributed by atoms with Gasteiger partial charge in [-0.3, -0.25) is 0 Å². The van der Waals surface area contributed by atoms with Crippen molar-refractivity contribution in [2.45, 2.75) is 113 Å². The molecule has 0 heterocycles. The van der Waals surface area contributed by atoms with Crippen LogP contribution in [0.4, 0.5) is 0 Å². The molecule has 0 radical (unpaired) electrons. The van der Waals surface area contributed by atoms with Crippen LogP contribution in [0.2, 0.25) is 0 Å². The fourth-order valence-corrected chi connectivity index (χ4v) is 13.2. The van der Waals surface area contributed by atoms with Gasteiger partial charge in [-0.05, 0) is 144 Å². The van der Waals surface area contributed by atoms with Crippen molar-refractivity contribution in [1.29, 1.82) is 0 Å². The molecule has 0 aromatic heterocycles. The minimum absolute atomic E-state index is 0. The first-order valence-corrected chi connectivity index (χ1v) is 16.6. The molecule has 0 bridgehead atoms. The molecule has 9 atom stereocenters. The van der Waals surface area contributed by atoms with Crippen LogP contribution in [-0.2, 0) is 4.74 Å². The molecule has 1 unspecified atom stereocenters. The Hall–Kier alpha value is -1.83. The fourth-order valence-electron chi connectivity index (χ4n) is 13.2. The molecule has 4 fully saturated rings. The Morgan fingerprint density at radius 3 is 2.12 bits per heavy atom. The molecule has 2 heteroatoms. The zero-order valence-corrected chi connectivity index (χ0v) is 27.6. The third kappa shape index (κ3) is 3.64. The second kappa shape index (κ2) is 9.09. The highest BCUT2D eigenvalue weighted by Crippen LogP contribution is 2.81. The molecule has 0 N–H and O–H groups in total. The van der Waals surface area contributed by atoms with Gasteiger partial charge in [0, 0.05) is 1.43 Å². The highest BCUT2D eigenvalue weighted by atomic mass is 16.5. The topological polar surface area (TPSA) is 26.3 Å². The number of benzene rings is 1. The Morgan fingerprint density at radius 1 is 0.854 bits per heavy atom. The highest BCUT2D eigenvalue weighted by Gasteiger charge is 2.73. The van der Waals surface area contributed by atoms with Gasteiger partial charge in [0.2, 0.25) is 0 Å². The SMILES string of the molecule is C=C(C)[C@@H]1CCC2(C)CC[C@@]3(C)[C@]4(C)CC[C@H]5C(C)(C)C(c6ccc(C(=O)OC)cc6)=CC[C@]5(C)[C@H]4CC[C@]3(C)[C@@H]12.[HH]. The maximum Gasteiger partial charge on any atom is 0.337 e. The van der Waals surface area contributed by atoms with E-state index in [1.807, 2.05) is 12.1 Å². The predicted octanol–water partition coefficient (Wildman–Crippen LogP) is 10.8. The quantitative estimate of drug-likeness (QED) is 0.272. The van der Waals surface area contributed by atoms with Gasteiger partial charge in [-0.1, -0.05) is 78.8 Å². The van der Waals surface area contributed by atoms with Crippen LogP contribution in [0.5, 0.6) is 0 Å². The van der Waals surface area contributed by atoms with E-state index in [1.54, 1.807) is 0 Å². The lowest BCUT2D eigenvalue weighted by molar-refractivity contribution is -0.261. The van der Waals surface area contributed by atoms with Crippen molar-refractivity contribution in [3.63, 3.8) is 0 Å². The number of allylic oxidation sites excluding steroid dienone is 3. The third-order valence-corrected chi connectivity index (χ3v) is 15.4. The number of ether oxygens (including phenoxy) is 1. The van der Waals surface area contributed by atoms with E-state index in [0.717, 1.165) is 18.3 Å². The summed E-state index contributed by atoms with van der Waals surface area (Å²) in [6.45, 7) is 25.5. The molecule has 0 aliphatic heterocycles. The number of hydrogen-bond donors (Lipinski definition) is 0. The van der Waals surface area contributed by atoms with Gasteiger partial charge in [-0.25, -0.2) is 4.79 Å². The van der Waals surface area contributed by atoms with Gasteiger partial charge in [0.05, 0.1) is 12.7 Å². The van der Waals surface area contributed by atoms with Crippen molar-refractivity contribution < 1.29 is 11.0 Å². The number of methoxy groups -OCH3 is 1. The summed E-state index contributed by atoms with van der Waals surface area (Å²) >= 11 is 0. The lowest BCUT2D eigenvalue weighted by Gasteiger charge is -2.75. The molecule has 5 aliphatic rings. The van der Waals surface area contributed by atoms with Crippen LogP contribution in [0.1, 0.15) is 131 Å². The van der Waals surface area contributed by atoms with Crippen molar-refractivity contribution in [2.75, 3.05) is 7.11 Å². The second-order valence-electron chi connectivity index (χ2n) is 17.1. The minimum Gasteiger partial charge on any atom is -0.465 e. The van der Waals surface area contributed by atoms with E-state index in [9.17, 15) is 4.79 Å². The van der Waals surface area contributed by atoms with Crippen molar-refractivity contribution in [1.82, 2.24) is 0 Å². The van der Waals surface area contributed by atoms with Crippen LogP contribution < -0.4 is 0 Å². The average molecular weight is 559 g/mol. The first-order valence-electron chi connectivity index (χ1n) is 16.6. The number of fused-ring (bicyclic) bond motifs is 7. The first-order chi connectivity index (χ1) is 19.1. The summed E-state index contributed by atoms with van der Waals surface area (Å²) in [6, 6.07) is 8.15. The molecule has 1 aromatic rings. The summed E-state index contributed by atoms with van der Waals surface area (Å²) < 4.78 is 4.95. The lowest BCUT2D eigenvalue weighted by Crippen LogP contribution is -2.68. The van der Waals surface area contributed by atoms with E-state index in [4.69, 9.17) is 4.74 Å². The van der Waals surface area contributed by atoms with Crippen LogP contribution in [0.3, 0.4) is 0 Å². The van der Waals surface area contributed by atoms with Crippen LogP contribution in [0.15, 0.2) is 42.5 Å². The van der Waals surface area contributed by atoms with Crippen LogP contribution >= 0.6 is 0 Å². The Kier molecular flexibility index (Phi) is 6.48. The predicted molar refractivity (Wildman–Crippen MR) is 173 cm³/mol. The molecule has 0 spiro atoms. The van der Waals surface area contributed by atoms with E-state index in [1.165, 1.54) is 75.2 Å². The van der Waals surface area contributed by atoms with Crippen LogP contribution in [-0.4, -0.2) is 13.1 Å². The van der Waals surface area contributed by atoms with Gasteiger partial charge in [0.15, 0.2) is 0 Å². The summed E-state index contributed by atoms with van der Waals surface area (Å²) in [5, 5.41) is 0. The van der Waals surface area contributed by atoms with Gasteiger partial charge < -0.3 is 4.74 Å². The van der Waals surface area contributed by atoms with Crippen molar-refractivity contribution in [3.05, 3.63) is 53.6 Å². The molecule has 0 saturated heterocycles. The van der Waals surface area contributed by atoms with Crippen LogP contribution in [0, 0.1) is 56.2 Å². The number of rotatable bonds is 3. The van der Waals surface area contributed by atoms with E-state index >= 15 is 0 Å². The summed E-state index contributed by atoms with van der Waals surface area (Å²) in [4.78, 5) is 12.1. The molecule has 226 valence electrons. The fraction of sp³-hybridized carbons (Fsp3) is 0.718. The molecule has 2 nitrogen and oxygen atoms in total. The maximum atomic E-state index is 12.1. The molecular formula is C39H58O2.